The van der Waals surface area contributed by atoms with Crippen molar-refractivity contribution in [3.63, 3.8) is 0 Å². The van der Waals surface area contributed by atoms with Gasteiger partial charge in [-0.1, -0.05) is 0 Å². The van der Waals surface area contributed by atoms with Gasteiger partial charge in [0.2, 0.25) is 0 Å². The van der Waals surface area contributed by atoms with E-state index in [1.165, 1.54) is 12.3 Å². The van der Waals surface area contributed by atoms with E-state index >= 15 is 0 Å². The van der Waals surface area contributed by atoms with Crippen molar-refractivity contribution >= 4 is 11.5 Å². The zero-order chi connectivity index (χ0) is 12.7. The number of anilines is 1. The maximum Gasteiger partial charge on any atom is 0.277 e. The van der Waals surface area contributed by atoms with Crippen molar-refractivity contribution in [1.29, 1.82) is 0 Å². The molecule has 1 rings (SSSR count). The van der Waals surface area contributed by atoms with Crippen LogP contribution >= 0.6 is 0 Å². The molecule has 94 valence electrons. The number of hydrogen-bond acceptors (Lipinski definition) is 5. The van der Waals surface area contributed by atoms with Gasteiger partial charge in [-0.05, 0) is 20.3 Å². The predicted octanol–water partition coefficient (Wildman–Crippen LogP) is 2.14. The highest BCUT2D eigenvalue weighted by Crippen LogP contribution is 2.19. The summed E-state index contributed by atoms with van der Waals surface area (Å²) in [6, 6.07) is 1.45. The molecular weight excluding hydrogens is 222 g/mol. The van der Waals surface area contributed by atoms with Crippen LogP contribution in [0.15, 0.2) is 12.3 Å². The van der Waals surface area contributed by atoms with E-state index in [9.17, 15) is 10.1 Å². The minimum Gasteiger partial charge on any atom is -0.382 e. The summed E-state index contributed by atoms with van der Waals surface area (Å²) in [4.78, 5) is 14.4. The molecule has 0 aliphatic heterocycles. The number of nitrogens with one attached hydrogen (secondary N) is 1. The Labute approximate surface area is 100 Å². The lowest BCUT2D eigenvalue weighted by molar-refractivity contribution is -0.385. The molecule has 0 unspecified atom stereocenters. The van der Waals surface area contributed by atoms with Crippen LogP contribution in [0.1, 0.15) is 18.9 Å². The summed E-state index contributed by atoms with van der Waals surface area (Å²) in [6.07, 6.45) is 2.35. The molecule has 0 amide bonds. The van der Waals surface area contributed by atoms with Gasteiger partial charge in [0, 0.05) is 31.5 Å². The molecule has 0 atom stereocenters. The molecule has 17 heavy (non-hydrogen) atoms. The van der Waals surface area contributed by atoms with E-state index in [0.29, 0.717) is 31.1 Å². The van der Waals surface area contributed by atoms with E-state index in [4.69, 9.17) is 4.74 Å². The number of ether oxygens (including phenoxy) is 1. The first kappa shape index (κ1) is 13.4. The van der Waals surface area contributed by atoms with E-state index in [-0.39, 0.29) is 5.69 Å². The predicted molar refractivity (Wildman–Crippen MR) is 65.2 cm³/mol. The number of nitrogens with zero attached hydrogens (tertiary/aromatic N) is 2. The summed E-state index contributed by atoms with van der Waals surface area (Å²) >= 11 is 0. The molecule has 0 aromatic carbocycles. The van der Waals surface area contributed by atoms with Crippen LogP contribution in [-0.2, 0) is 4.74 Å². The van der Waals surface area contributed by atoms with Crippen molar-refractivity contribution in [1.82, 2.24) is 4.98 Å². The van der Waals surface area contributed by atoms with Crippen LogP contribution in [0.3, 0.4) is 0 Å². The highest BCUT2D eigenvalue weighted by molar-refractivity contribution is 5.48. The van der Waals surface area contributed by atoms with Crippen LogP contribution in [0.5, 0.6) is 0 Å². The Kier molecular flexibility index (Phi) is 5.35. The lowest BCUT2D eigenvalue weighted by atomic mass is 10.2. The van der Waals surface area contributed by atoms with Crippen LogP contribution in [0.2, 0.25) is 0 Å². The van der Waals surface area contributed by atoms with Crippen molar-refractivity contribution < 1.29 is 9.66 Å². The van der Waals surface area contributed by atoms with E-state index in [2.05, 4.69) is 10.3 Å². The molecule has 1 aromatic heterocycles. The third kappa shape index (κ3) is 4.36. The van der Waals surface area contributed by atoms with Crippen molar-refractivity contribution in [2.75, 3.05) is 25.1 Å². The van der Waals surface area contributed by atoms with Crippen molar-refractivity contribution in [3.05, 3.63) is 27.9 Å². The molecule has 0 spiro atoms. The molecule has 1 heterocycles. The van der Waals surface area contributed by atoms with E-state index in [1.54, 1.807) is 6.92 Å². The van der Waals surface area contributed by atoms with Gasteiger partial charge in [0.25, 0.3) is 5.69 Å². The number of aryl methyl sites for hydroxylation is 1. The Hall–Kier alpha value is -1.69. The average Bonchev–Trinajstić information content (AvgIpc) is 2.30. The van der Waals surface area contributed by atoms with Crippen molar-refractivity contribution in [2.24, 2.45) is 0 Å². The van der Waals surface area contributed by atoms with Crippen LogP contribution in [0, 0.1) is 17.0 Å². The first-order valence-electron chi connectivity index (χ1n) is 5.57. The molecular formula is C11H17N3O3. The standard InChI is InChI=1S/C11H17N3O3/c1-3-17-6-4-5-12-11-7-10(14(15)16)9(2)8-13-11/h7-8H,3-6H2,1-2H3,(H,12,13). The Morgan fingerprint density at radius 2 is 2.35 bits per heavy atom. The highest BCUT2D eigenvalue weighted by atomic mass is 16.6. The number of hydrogen-bond donors (Lipinski definition) is 1. The lowest BCUT2D eigenvalue weighted by Crippen LogP contribution is -2.07. The van der Waals surface area contributed by atoms with E-state index < -0.39 is 4.92 Å². The first-order chi connectivity index (χ1) is 8.15. The molecule has 0 radical (unpaired) electrons. The fourth-order valence-corrected chi connectivity index (χ4v) is 1.34. The van der Waals surface area contributed by atoms with Gasteiger partial charge in [-0.3, -0.25) is 10.1 Å². The largest absolute Gasteiger partial charge is 0.382 e. The number of nitro groups is 1. The van der Waals surface area contributed by atoms with E-state index in [0.717, 1.165) is 6.42 Å². The fourth-order valence-electron chi connectivity index (χ4n) is 1.34. The number of pyridine rings is 1. The maximum absolute atomic E-state index is 10.7. The third-order valence-corrected chi connectivity index (χ3v) is 2.25. The molecule has 1 aromatic rings. The molecule has 0 saturated carbocycles. The van der Waals surface area contributed by atoms with Crippen LogP contribution in [0.4, 0.5) is 11.5 Å². The van der Waals surface area contributed by atoms with Crippen LogP contribution < -0.4 is 5.32 Å². The zero-order valence-corrected chi connectivity index (χ0v) is 10.1. The first-order valence-corrected chi connectivity index (χ1v) is 5.57. The molecule has 1 N–H and O–H groups in total. The smallest absolute Gasteiger partial charge is 0.277 e. The summed E-state index contributed by atoms with van der Waals surface area (Å²) in [5.41, 5.74) is 0.655. The zero-order valence-electron chi connectivity index (χ0n) is 10.1. The Balaban J connectivity index is 2.49. The summed E-state index contributed by atoms with van der Waals surface area (Å²) < 4.78 is 5.18. The average molecular weight is 239 g/mol. The topological polar surface area (TPSA) is 77.3 Å². The monoisotopic (exact) mass is 239 g/mol. The molecule has 0 aliphatic carbocycles. The second-order valence-electron chi connectivity index (χ2n) is 3.59. The van der Waals surface area contributed by atoms with Gasteiger partial charge in [-0.15, -0.1) is 0 Å². The molecule has 0 saturated heterocycles. The SMILES string of the molecule is CCOCCCNc1cc([N+](=O)[O-])c(C)cn1. The van der Waals surface area contributed by atoms with Crippen LogP contribution in [-0.4, -0.2) is 29.7 Å². The minimum atomic E-state index is -0.400. The second kappa shape index (κ2) is 6.80. The quantitative estimate of drug-likeness (QED) is 0.448. The Morgan fingerprint density at radius 3 is 3.00 bits per heavy atom. The molecule has 6 heteroatoms. The summed E-state index contributed by atoms with van der Waals surface area (Å²) in [5, 5.41) is 13.7. The highest BCUT2D eigenvalue weighted by Gasteiger charge is 2.11. The minimum absolute atomic E-state index is 0.0901. The Bertz CT molecular complexity index is 382. The summed E-state index contributed by atoms with van der Waals surface area (Å²) in [6.45, 7) is 5.68. The number of rotatable bonds is 7. The number of aromatic nitrogens is 1. The fraction of sp³-hybridized carbons (Fsp3) is 0.545. The van der Waals surface area contributed by atoms with Gasteiger partial charge in [-0.25, -0.2) is 4.98 Å². The van der Waals surface area contributed by atoms with Crippen LogP contribution in [0.25, 0.3) is 0 Å². The maximum atomic E-state index is 10.7. The normalized spacial score (nSPS) is 10.2. The second-order valence-corrected chi connectivity index (χ2v) is 3.59. The van der Waals surface area contributed by atoms with Crippen molar-refractivity contribution in [2.45, 2.75) is 20.3 Å². The third-order valence-electron chi connectivity index (χ3n) is 2.25. The van der Waals surface area contributed by atoms with Crippen molar-refractivity contribution in [3.8, 4) is 0 Å². The van der Waals surface area contributed by atoms with Gasteiger partial charge in [0.05, 0.1) is 11.0 Å². The summed E-state index contributed by atoms with van der Waals surface area (Å²) in [7, 11) is 0. The lowest BCUT2D eigenvalue weighted by Gasteiger charge is -2.06. The molecule has 6 nitrogen and oxygen atoms in total. The van der Waals surface area contributed by atoms with Gasteiger partial charge >= 0.3 is 0 Å². The molecule has 0 aliphatic rings. The van der Waals surface area contributed by atoms with Gasteiger partial charge in [0.15, 0.2) is 0 Å². The Morgan fingerprint density at radius 1 is 1.59 bits per heavy atom. The van der Waals surface area contributed by atoms with Gasteiger partial charge in [0.1, 0.15) is 5.82 Å². The summed E-state index contributed by atoms with van der Waals surface area (Å²) in [5.74, 6) is 0.527. The molecule has 0 bridgehead atoms. The van der Waals surface area contributed by atoms with Gasteiger partial charge < -0.3 is 10.1 Å². The van der Waals surface area contributed by atoms with E-state index in [1.807, 2.05) is 6.92 Å². The molecule has 0 fully saturated rings. The van der Waals surface area contributed by atoms with Gasteiger partial charge in [-0.2, -0.15) is 0 Å².